The van der Waals surface area contributed by atoms with Gasteiger partial charge in [-0.3, -0.25) is 4.79 Å². The van der Waals surface area contributed by atoms with Gasteiger partial charge in [-0.25, -0.2) is 0 Å². The molecule has 0 aliphatic heterocycles. The van der Waals surface area contributed by atoms with Crippen molar-refractivity contribution < 1.29 is 9.53 Å². The first-order valence-electron chi connectivity index (χ1n) is 4.41. The molecule has 1 aromatic carbocycles. The van der Waals surface area contributed by atoms with Crippen molar-refractivity contribution in [1.82, 2.24) is 0 Å². The lowest BCUT2D eigenvalue weighted by atomic mass is 10.1. The zero-order chi connectivity index (χ0) is 11.1. The summed E-state index contributed by atoms with van der Waals surface area (Å²) < 4.78 is 4.54. The molecule has 0 amide bonds. The molecule has 78 valence electrons. The Kier molecular flexibility index (Phi) is 4.19. The predicted molar refractivity (Wildman–Crippen MR) is 55.0 cm³/mol. The van der Waals surface area contributed by atoms with Crippen LogP contribution in [0.3, 0.4) is 0 Å². The van der Waals surface area contributed by atoms with Crippen LogP contribution in [0.1, 0.15) is 11.1 Å². The van der Waals surface area contributed by atoms with Gasteiger partial charge in [0.05, 0.1) is 20.1 Å². The number of benzene rings is 1. The summed E-state index contributed by atoms with van der Waals surface area (Å²) in [5, 5.41) is 3.44. The number of azide groups is 1. The van der Waals surface area contributed by atoms with Crippen molar-refractivity contribution in [3.05, 3.63) is 45.8 Å². The van der Waals surface area contributed by atoms with Crippen molar-refractivity contribution in [2.75, 3.05) is 7.11 Å². The molecule has 0 atom stereocenters. The number of nitrogens with zero attached hydrogens (tertiary/aromatic N) is 3. The molecule has 15 heavy (non-hydrogen) atoms. The molecule has 0 N–H and O–H groups in total. The lowest BCUT2D eigenvalue weighted by molar-refractivity contribution is -0.139. The summed E-state index contributed by atoms with van der Waals surface area (Å²) in [6, 6.07) is 7.29. The van der Waals surface area contributed by atoms with Crippen molar-refractivity contribution in [3.63, 3.8) is 0 Å². The lowest BCUT2D eigenvalue weighted by Gasteiger charge is -2.01. The molecule has 0 aliphatic carbocycles. The third-order valence-corrected chi connectivity index (χ3v) is 1.92. The molecule has 0 aromatic heterocycles. The first-order chi connectivity index (χ1) is 7.26. The summed E-state index contributed by atoms with van der Waals surface area (Å²) >= 11 is 0. The molecular formula is C10H11N3O2. The summed E-state index contributed by atoms with van der Waals surface area (Å²) in [5.74, 6) is -0.266. The van der Waals surface area contributed by atoms with Gasteiger partial charge in [-0.2, -0.15) is 0 Å². The zero-order valence-electron chi connectivity index (χ0n) is 8.38. The second kappa shape index (κ2) is 5.67. The Bertz CT molecular complexity index is 380. The smallest absolute Gasteiger partial charge is 0.309 e. The van der Waals surface area contributed by atoms with Gasteiger partial charge in [0.15, 0.2) is 0 Å². The molecule has 5 heteroatoms. The van der Waals surface area contributed by atoms with Gasteiger partial charge in [0.1, 0.15) is 0 Å². The number of ether oxygens (including phenoxy) is 1. The summed E-state index contributed by atoms with van der Waals surface area (Å²) in [7, 11) is 1.36. The van der Waals surface area contributed by atoms with Gasteiger partial charge in [0.2, 0.25) is 0 Å². The maximum absolute atomic E-state index is 10.9. The average molecular weight is 205 g/mol. The number of hydrogen-bond acceptors (Lipinski definition) is 3. The second-order valence-electron chi connectivity index (χ2n) is 2.96. The van der Waals surface area contributed by atoms with Crippen LogP contribution in [0.2, 0.25) is 0 Å². The predicted octanol–water partition coefficient (Wildman–Crippen LogP) is 2.21. The molecule has 0 saturated heterocycles. The average Bonchev–Trinajstić information content (AvgIpc) is 2.28. The first kappa shape index (κ1) is 11.1. The van der Waals surface area contributed by atoms with E-state index in [0.717, 1.165) is 11.1 Å². The highest BCUT2D eigenvalue weighted by Crippen LogP contribution is 2.06. The third-order valence-electron chi connectivity index (χ3n) is 1.92. The standard InChI is InChI=1S/C10H11N3O2/c1-15-10(14)6-8-2-4-9(5-3-8)7-12-13-11/h2-5H,6-7H2,1H3. The molecule has 0 heterocycles. The Balaban J connectivity index is 2.63. The number of esters is 1. The zero-order valence-corrected chi connectivity index (χ0v) is 8.38. The summed E-state index contributed by atoms with van der Waals surface area (Å²) in [5.41, 5.74) is 9.93. The van der Waals surface area contributed by atoms with E-state index in [1.807, 2.05) is 24.3 Å². The Morgan fingerprint density at radius 3 is 2.53 bits per heavy atom. The first-order valence-corrected chi connectivity index (χ1v) is 4.41. The fourth-order valence-corrected chi connectivity index (χ4v) is 1.11. The SMILES string of the molecule is COC(=O)Cc1ccc(CN=[N+]=[N-])cc1. The number of rotatable bonds is 4. The van der Waals surface area contributed by atoms with Gasteiger partial charge < -0.3 is 4.74 Å². The van der Waals surface area contributed by atoms with Crippen LogP contribution in [0.25, 0.3) is 10.4 Å². The molecule has 1 aromatic rings. The Morgan fingerprint density at radius 2 is 2.00 bits per heavy atom. The van der Waals surface area contributed by atoms with Crippen LogP contribution in [-0.4, -0.2) is 13.1 Å². The fraction of sp³-hybridized carbons (Fsp3) is 0.300. The Labute approximate surface area is 87.3 Å². The van der Waals surface area contributed by atoms with Crippen LogP contribution in [0.4, 0.5) is 0 Å². The van der Waals surface area contributed by atoms with E-state index in [0.29, 0.717) is 6.54 Å². The minimum absolute atomic E-state index is 0.262. The third kappa shape index (κ3) is 3.70. The highest BCUT2D eigenvalue weighted by atomic mass is 16.5. The summed E-state index contributed by atoms with van der Waals surface area (Å²) in [4.78, 5) is 13.6. The van der Waals surface area contributed by atoms with Gasteiger partial charge in [-0.15, -0.1) is 0 Å². The number of hydrogen-bond donors (Lipinski definition) is 0. The van der Waals surface area contributed by atoms with Crippen molar-refractivity contribution >= 4 is 5.97 Å². The number of methoxy groups -OCH3 is 1. The molecule has 0 radical (unpaired) electrons. The summed E-state index contributed by atoms with van der Waals surface area (Å²) in [6.07, 6.45) is 0.262. The number of carbonyl (C=O) groups excluding carboxylic acids is 1. The maximum atomic E-state index is 10.9. The quantitative estimate of drug-likeness (QED) is 0.327. The molecule has 0 bridgehead atoms. The van der Waals surface area contributed by atoms with Gasteiger partial charge >= 0.3 is 5.97 Å². The van der Waals surface area contributed by atoms with Crippen LogP contribution in [0, 0.1) is 0 Å². The Morgan fingerprint density at radius 1 is 1.40 bits per heavy atom. The monoisotopic (exact) mass is 205 g/mol. The minimum atomic E-state index is -0.266. The molecule has 0 fully saturated rings. The normalized spacial score (nSPS) is 9.13. The van der Waals surface area contributed by atoms with Gasteiger partial charge in [-0.05, 0) is 16.7 Å². The van der Waals surface area contributed by atoms with E-state index < -0.39 is 0 Å². The van der Waals surface area contributed by atoms with Crippen LogP contribution in [-0.2, 0) is 22.5 Å². The van der Waals surface area contributed by atoms with Crippen LogP contribution < -0.4 is 0 Å². The van der Waals surface area contributed by atoms with Crippen molar-refractivity contribution in [2.24, 2.45) is 5.11 Å². The van der Waals surface area contributed by atoms with Gasteiger partial charge in [-0.1, -0.05) is 29.4 Å². The highest BCUT2D eigenvalue weighted by Gasteiger charge is 2.01. The molecular weight excluding hydrogens is 194 g/mol. The maximum Gasteiger partial charge on any atom is 0.309 e. The fourth-order valence-electron chi connectivity index (χ4n) is 1.11. The number of carbonyl (C=O) groups is 1. The van der Waals surface area contributed by atoms with Crippen LogP contribution in [0.15, 0.2) is 29.4 Å². The largest absolute Gasteiger partial charge is 0.469 e. The van der Waals surface area contributed by atoms with E-state index in [1.54, 1.807) is 0 Å². The molecule has 0 aliphatic rings. The molecule has 5 nitrogen and oxygen atoms in total. The van der Waals surface area contributed by atoms with E-state index in [4.69, 9.17) is 5.53 Å². The van der Waals surface area contributed by atoms with Gasteiger partial charge in [0, 0.05) is 4.91 Å². The van der Waals surface area contributed by atoms with E-state index in [-0.39, 0.29) is 12.4 Å². The van der Waals surface area contributed by atoms with Gasteiger partial charge in [0.25, 0.3) is 0 Å². The van der Waals surface area contributed by atoms with Crippen molar-refractivity contribution in [2.45, 2.75) is 13.0 Å². The topological polar surface area (TPSA) is 75.1 Å². The molecule has 1 rings (SSSR count). The summed E-state index contributed by atoms with van der Waals surface area (Å²) in [6.45, 7) is 0.328. The molecule has 0 saturated carbocycles. The second-order valence-corrected chi connectivity index (χ2v) is 2.96. The Hall–Kier alpha value is -2.00. The van der Waals surface area contributed by atoms with E-state index in [9.17, 15) is 4.79 Å². The van der Waals surface area contributed by atoms with Crippen LogP contribution >= 0.6 is 0 Å². The highest BCUT2D eigenvalue weighted by molar-refractivity contribution is 5.72. The molecule has 0 spiro atoms. The van der Waals surface area contributed by atoms with E-state index >= 15 is 0 Å². The van der Waals surface area contributed by atoms with Crippen molar-refractivity contribution in [1.29, 1.82) is 0 Å². The van der Waals surface area contributed by atoms with E-state index in [2.05, 4.69) is 14.8 Å². The van der Waals surface area contributed by atoms with E-state index in [1.165, 1.54) is 7.11 Å². The van der Waals surface area contributed by atoms with Crippen LogP contribution in [0.5, 0.6) is 0 Å². The lowest BCUT2D eigenvalue weighted by Crippen LogP contribution is -2.04. The van der Waals surface area contributed by atoms with Crippen molar-refractivity contribution in [3.8, 4) is 0 Å². The minimum Gasteiger partial charge on any atom is -0.469 e. The molecule has 0 unspecified atom stereocenters.